The van der Waals surface area contributed by atoms with Gasteiger partial charge in [0, 0.05) is 31.7 Å². The minimum Gasteiger partial charge on any atom is -0.364 e. The summed E-state index contributed by atoms with van der Waals surface area (Å²) in [5, 5.41) is 0. The molecule has 0 unspecified atom stereocenters. The van der Waals surface area contributed by atoms with Crippen LogP contribution >= 0.6 is 24.0 Å². The van der Waals surface area contributed by atoms with Gasteiger partial charge in [0.05, 0.1) is 0 Å². The fraction of sp³-hybridized carbons (Fsp3) is 0.857. The Kier molecular flexibility index (Phi) is 6.86. The highest BCUT2D eigenvalue weighted by atomic mass is 32.2. The van der Waals surface area contributed by atoms with Crippen molar-refractivity contribution in [2.24, 2.45) is 10.8 Å². The van der Waals surface area contributed by atoms with Gasteiger partial charge in [0.2, 0.25) is 0 Å². The van der Waals surface area contributed by atoms with Crippen LogP contribution in [0.3, 0.4) is 0 Å². The Balaban J connectivity index is 4.20. The molecule has 18 heavy (non-hydrogen) atoms. The zero-order valence-electron chi connectivity index (χ0n) is 12.8. The lowest BCUT2D eigenvalue weighted by atomic mass is 9.73. The van der Waals surface area contributed by atoms with Crippen LogP contribution in [-0.4, -0.2) is 34.9 Å². The molecule has 0 spiro atoms. The molecule has 0 aromatic carbocycles. The standard InChI is InChI=1S/C14H27NOS2/c1-13(2,3)10-14(4,5)11(16)8-9-18-12(17)15(6)7/h8-10H2,1-7H3. The molecular weight excluding hydrogens is 262 g/mol. The van der Waals surface area contributed by atoms with Gasteiger partial charge in [-0.25, -0.2) is 0 Å². The number of hydrogen-bond donors (Lipinski definition) is 0. The second kappa shape index (κ2) is 6.90. The first-order valence-electron chi connectivity index (χ1n) is 6.33. The molecule has 0 aliphatic carbocycles. The third kappa shape index (κ3) is 7.37. The van der Waals surface area contributed by atoms with E-state index in [1.54, 1.807) is 11.8 Å². The highest BCUT2D eigenvalue weighted by molar-refractivity contribution is 8.22. The summed E-state index contributed by atoms with van der Waals surface area (Å²) in [6, 6.07) is 0. The van der Waals surface area contributed by atoms with Crippen molar-refractivity contribution in [2.45, 2.75) is 47.5 Å². The summed E-state index contributed by atoms with van der Waals surface area (Å²) < 4.78 is 0.844. The number of thioether (sulfide) groups is 1. The third-order valence-electron chi connectivity index (χ3n) is 2.65. The monoisotopic (exact) mass is 289 g/mol. The van der Waals surface area contributed by atoms with E-state index in [0.29, 0.717) is 12.2 Å². The number of ketones is 1. The molecule has 0 aliphatic heterocycles. The molecule has 0 bridgehead atoms. The quantitative estimate of drug-likeness (QED) is 0.713. The Hall–Kier alpha value is -0.0900. The molecule has 0 fully saturated rings. The first-order chi connectivity index (χ1) is 7.96. The molecule has 0 radical (unpaired) electrons. The van der Waals surface area contributed by atoms with Crippen LogP contribution in [0.15, 0.2) is 0 Å². The second-order valence-corrected chi connectivity index (χ2v) is 8.53. The van der Waals surface area contributed by atoms with Crippen LogP contribution in [0.25, 0.3) is 0 Å². The maximum atomic E-state index is 12.2. The van der Waals surface area contributed by atoms with Gasteiger partial charge in [0.1, 0.15) is 10.1 Å². The molecule has 0 atom stereocenters. The van der Waals surface area contributed by atoms with Crippen LogP contribution in [0.1, 0.15) is 47.5 Å². The molecule has 2 nitrogen and oxygen atoms in total. The molecule has 0 saturated carbocycles. The first-order valence-corrected chi connectivity index (χ1v) is 7.72. The van der Waals surface area contributed by atoms with E-state index in [2.05, 4.69) is 34.6 Å². The van der Waals surface area contributed by atoms with Gasteiger partial charge in [-0.1, -0.05) is 58.6 Å². The number of carbonyl (C=O) groups is 1. The highest BCUT2D eigenvalue weighted by Crippen LogP contribution is 2.34. The predicted octanol–water partition coefficient (Wildman–Crippen LogP) is 3.99. The van der Waals surface area contributed by atoms with E-state index in [9.17, 15) is 4.79 Å². The highest BCUT2D eigenvalue weighted by Gasteiger charge is 2.31. The van der Waals surface area contributed by atoms with Crippen LogP contribution in [0.5, 0.6) is 0 Å². The topological polar surface area (TPSA) is 20.3 Å². The lowest BCUT2D eigenvalue weighted by Gasteiger charge is -2.31. The fourth-order valence-electron chi connectivity index (χ4n) is 2.12. The summed E-state index contributed by atoms with van der Waals surface area (Å²) in [5.74, 6) is 1.12. The first kappa shape index (κ1) is 17.9. The van der Waals surface area contributed by atoms with Crippen LogP contribution < -0.4 is 0 Å². The van der Waals surface area contributed by atoms with Crippen molar-refractivity contribution >= 4 is 34.1 Å². The van der Waals surface area contributed by atoms with Gasteiger partial charge < -0.3 is 4.90 Å². The molecule has 0 aromatic rings. The Morgan fingerprint density at radius 1 is 1.17 bits per heavy atom. The van der Waals surface area contributed by atoms with Crippen LogP contribution in [0.2, 0.25) is 0 Å². The minimum atomic E-state index is -0.238. The summed E-state index contributed by atoms with van der Waals surface area (Å²) in [6.45, 7) is 10.6. The zero-order chi connectivity index (χ0) is 14.6. The number of nitrogens with zero attached hydrogens (tertiary/aromatic N) is 1. The van der Waals surface area contributed by atoms with Crippen molar-refractivity contribution in [1.82, 2.24) is 4.90 Å². The number of hydrogen-bond acceptors (Lipinski definition) is 3. The molecule has 0 aliphatic rings. The maximum absolute atomic E-state index is 12.2. The van der Waals surface area contributed by atoms with Gasteiger partial charge in [-0.2, -0.15) is 0 Å². The van der Waals surface area contributed by atoms with E-state index in [1.807, 2.05) is 19.0 Å². The lowest BCUT2D eigenvalue weighted by Crippen LogP contribution is -2.30. The largest absolute Gasteiger partial charge is 0.364 e. The van der Waals surface area contributed by atoms with Crippen LogP contribution in [0.4, 0.5) is 0 Å². The number of rotatable bonds is 5. The summed E-state index contributed by atoms with van der Waals surface area (Å²) >= 11 is 6.77. The summed E-state index contributed by atoms with van der Waals surface area (Å²) in [7, 11) is 3.86. The maximum Gasteiger partial charge on any atom is 0.139 e. The molecule has 0 aromatic heterocycles. The number of carbonyl (C=O) groups excluding carboxylic acids is 1. The third-order valence-corrected chi connectivity index (χ3v) is 4.39. The summed E-state index contributed by atoms with van der Waals surface area (Å²) in [4.78, 5) is 14.1. The van der Waals surface area contributed by atoms with E-state index < -0.39 is 0 Å². The molecule has 0 N–H and O–H groups in total. The average molecular weight is 290 g/mol. The predicted molar refractivity (Wildman–Crippen MR) is 86.2 cm³/mol. The van der Waals surface area contributed by atoms with Crippen LogP contribution in [-0.2, 0) is 4.79 Å². The average Bonchev–Trinajstić information content (AvgIpc) is 2.13. The minimum absolute atomic E-state index is 0.186. The van der Waals surface area contributed by atoms with Gasteiger partial charge in [0.25, 0.3) is 0 Å². The van der Waals surface area contributed by atoms with Crippen molar-refractivity contribution in [3.05, 3.63) is 0 Å². The Morgan fingerprint density at radius 2 is 1.67 bits per heavy atom. The van der Waals surface area contributed by atoms with Gasteiger partial charge in [0.15, 0.2) is 0 Å². The Morgan fingerprint density at radius 3 is 2.06 bits per heavy atom. The van der Waals surface area contributed by atoms with E-state index in [-0.39, 0.29) is 10.8 Å². The fourth-order valence-corrected chi connectivity index (χ4v) is 3.09. The molecule has 4 heteroatoms. The Bertz CT molecular complexity index is 303. The van der Waals surface area contributed by atoms with Crippen molar-refractivity contribution in [1.29, 1.82) is 0 Å². The van der Waals surface area contributed by atoms with Crippen molar-refractivity contribution in [3.63, 3.8) is 0 Å². The molecule has 0 rings (SSSR count). The van der Waals surface area contributed by atoms with E-state index in [1.165, 1.54) is 0 Å². The summed E-state index contributed by atoms with van der Waals surface area (Å²) in [6.07, 6.45) is 1.52. The SMILES string of the molecule is CN(C)C(=S)SCCC(=O)C(C)(C)CC(C)(C)C. The van der Waals surface area contributed by atoms with E-state index >= 15 is 0 Å². The van der Waals surface area contributed by atoms with Gasteiger partial charge in [-0.05, 0) is 11.8 Å². The van der Waals surface area contributed by atoms with E-state index in [4.69, 9.17) is 12.2 Å². The molecule has 0 heterocycles. The Labute approximate surface area is 122 Å². The normalized spacial score (nSPS) is 12.4. The molecule has 106 valence electrons. The second-order valence-electron chi connectivity index (χ2n) is 6.80. The van der Waals surface area contributed by atoms with Gasteiger partial charge >= 0.3 is 0 Å². The number of Topliss-reactive ketones (excluding diaryl/α,β-unsaturated/α-hetero) is 1. The van der Waals surface area contributed by atoms with Crippen molar-refractivity contribution in [2.75, 3.05) is 19.8 Å². The molecular formula is C14H27NOS2. The number of thiocarbonyl (C=S) groups is 1. The van der Waals surface area contributed by atoms with Crippen molar-refractivity contribution in [3.8, 4) is 0 Å². The smallest absolute Gasteiger partial charge is 0.139 e. The summed E-state index contributed by atoms with van der Waals surface area (Å²) in [5.41, 5.74) is -0.0518. The van der Waals surface area contributed by atoms with Crippen molar-refractivity contribution < 1.29 is 4.79 Å². The van der Waals surface area contributed by atoms with E-state index in [0.717, 1.165) is 16.5 Å². The lowest BCUT2D eigenvalue weighted by molar-refractivity contribution is -0.128. The zero-order valence-corrected chi connectivity index (χ0v) is 14.4. The van der Waals surface area contributed by atoms with Crippen LogP contribution in [0, 0.1) is 10.8 Å². The molecule has 0 saturated heterocycles. The van der Waals surface area contributed by atoms with Gasteiger partial charge in [-0.15, -0.1) is 0 Å². The van der Waals surface area contributed by atoms with Gasteiger partial charge in [-0.3, -0.25) is 4.79 Å². The molecule has 0 amide bonds.